The van der Waals surface area contributed by atoms with Gasteiger partial charge < -0.3 is 4.90 Å². The van der Waals surface area contributed by atoms with Crippen molar-refractivity contribution in [2.75, 3.05) is 24.2 Å². The van der Waals surface area contributed by atoms with Crippen LogP contribution in [0.5, 0.6) is 0 Å². The van der Waals surface area contributed by atoms with Gasteiger partial charge in [-0.15, -0.1) is 0 Å². The lowest BCUT2D eigenvalue weighted by Crippen LogP contribution is -2.21. The van der Waals surface area contributed by atoms with Gasteiger partial charge in [-0.05, 0) is 24.8 Å². The van der Waals surface area contributed by atoms with Gasteiger partial charge in [-0.1, -0.05) is 0 Å². The summed E-state index contributed by atoms with van der Waals surface area (Å²) in [6.07, 6.45) is 4.61. The molecule has 0 radical (unpaired) electrons. The van der Waals surface area contributed by atoms with Crippen molar-refractivity contribution < 1.29 is 4.39 Å². The second-order valence-electron chi connectivity index (χ2n) is 3.43. The van der Waals surface area contributed by atoms with Crippen LogP contribution in [0.4, 0.5) is 10.2 Å². The highest BCUT2D eigenvalue weighted by molar-refractivity contribution is 7.99. The van der Waals surface area contributed by atoms with Crippen molar-refractivity contribution in [2.24, 2.45) is 0 Å². The SMILES string of the molecule is CSC1CCN(c2ccc(F)cn2)C1. The number of nitrogens with zero attached hydrogens (tertiary/aromatic N) is 2. The molecule has 0 N–H and O–H groups in total. The van der Waals surface area contributed by atoms with Gasteiger partial charge in [0.05, 0.1) is 6.20 Å². The van der Waals surface area contributed by atoms with Crippen molar-refractivity contribution >= 4 is 17.6 Å². The van der Waals surface area contributed by atoms with Crippen molar-refractivity contribution in [3.8, 4) is 0 Å². The molecule has 1 unspecified atom stereocenters. The van der Waals surface area contributed by atoms with Crippen LogP contribution in [-0.4, -0.2) is 29.6 Å². The Kier molecular flexibility index (Phi) is 2.91. The van der Waals surface area contributed by atoms with Crippen LogP contribution in [0.3, 0.4) is 0 Å². The summed E-state index contributed by atoms with van der Waals surface area (Å²) in [4.78, 5) is 6.28. The van der Waals surface area contributed by atoms with Crippen LogP contribution < -0.4 is 4.90 Å². The molecule has 0 spiro atoms. The Balaban J connectivity index is 2.06. The Bertz CT molecular complexity index is 301. The van der Waals surface area contributed by atoms with Crippen molar-refractivity contribution in [1.82, 2.24) is 4.98 Å². The number of hydrogen-bond donors (Lipinski definition) is 0. The number of aromatic nitrogens is 1. The molecule has 1 aromatic rings. The molecule has 2 nitrogen and oxygen atoms in total. The molecule has 2 heterocycles. The second-order valence-corrected chi connectivity index (χ2v) is 4.57. The van der Waals surface area contributed by atoms with E-state index in [-0.39, 0.29) is 5.82 Å². The molecule has 2 rings (SSSR count). The van der Waals surface area contributed by atoms with Crippen LogP contribution >= 0.6 is 11.8 Å². The van der Waals surface area contributed by atoms with E-state index in [0.717, 1.165) is 18.9 Å². The van der Waals surface area contributed by atoms with Gasteiger partial charge in [-0.3, -0.25) is 0 Å². The Labute approximate surface area is 87.5 Å². The zero-order chi connectivity index (χ0) is 9.97. The highest BCUT2D eigenvalue weighted by Gasteiger charge is 2.22. The van der Waals surface area contributed by atoms with Crippen LogP contribution in [0.1, 0.15) is 6.42 Å². The van der Waals surface area contributed by atoms with Crippen LogP contribution in [-0.2, 0) is 0 Å². The van der Waals surface area contributed by atoms with Crippen molar-refractivity contribution in [3.05, 3.63) is 24.1 Å². The van der Waals surface area contributed by atoms with Gasteiger partial charge in [-0.25, -0.2) is 9.37 Å². The molecule has 1 fully saturated rings. The fourth-order valence-electron chi connectivity index (χ4n) is 1.68. The first-order valence-electron chi connectivity index (χ1n) is 4.69. The Morgan fingerprint density at radius 1 is 1.57 bits per heavy atom. The van der Waals surface area contributed by atoms with E-state index in [4.69, 9.17) is 0 Å². The summed E-state index contributed by atoms with van der Waals surface area (Å²) in [7, 11) is 0. The molecule has 0 aromatic carbocycles. The molecular weight excluding hydrogens is 199 g/mol. The summed E-state index contributed by atoms with van der Waals surface area (Å²) in [6, 6.07) is 3.22. The van der Waals surface area contributed by atoms with Gasteiger partial charge in [0, 0.05) is 18.3 Å². The van der Waals surface area contributed by atoms with Crippen molar-refractivity contribution in [1.29, 1.82) is 0 Å². The quantitative estimate of drug-likeness (QED) is 0.747. The standard InChI is InChI=1S/C10H13FN2S/c1-14-9-4-5-13(7-9)10-3-2-8(11)6-12-10/h2-3,6,9H,4-5,7H2,1H3. The van der Waals surface area contributed by atoms with Gasteiger partial charge in [0.25, 0.3) is 0 Å². The van der Waals surface area contributed by atoms with Crippen LogP contribution in [0, 0.1) is 5.82 Å². The lowest BCUT2D eigenvalue weighted by atomic mass is 10.4. The van der Waals surface area contributed by atoms with Crippen LogP contribution in [0.25, 0.3) is 0 Å². The Morgan fingerprint density at radius 2 is 2.43 bits per heavy atom. The number of pyridine rings is 1. The van der Waals surface area contributed by atoms with Gasteiger partial charge >= 0.3 is 0 Å². The Morgan fingerprint density at radius 3 is 3.00 bits per heavy atom. The summed E-state index contributed by atoms with van der Waals surface area (Å²) >= 11 is 1.89. The fourth-order valence-corrected chi connectivity index (χ4v) is 2.35. The number of anilines is 1. The number of rotatable bonds is 2. The van der Waals surface area contributed by atoms with E-state index in [1.165, 1.54) is 18.7 Å². The average molecular weight is 212 g/mol. The minimum Gasteiger partial charge on any atom is -0.355 e. The van der Waals surface area contributed by atoms with Crippen LogP contribution in [0.15, 0.2) is 18.3 Å². The summed E-state index contributed by atoms with van der Waals surface area (Å²) in [5.74, 6) is 0.623. The second kappa shape index (κ2) is 4.17. The zero-order valence-electron chi connectivity index (χ0n) is 8.11. The normalized spacial score (nSPS) is 21.6. The number of thioether (sulfide) groups is 1. The average Bonchev–Trinajstić information content (AvgIpc) is 2.67. The maximum absolute atomic E-state index is 12.6. The van der Waals surface area contributed by atoms with Crippen LogP contribution in [0.2, 0.25) is 0 Å². The molecule has 1 saturated heterocycles. The van der Waals surface area contributed by atoms with E-state index < -0.39 is 0 Å². The third-order valence-corrected chi connectivity index (χ3v) is 3.57. The zero-order valence-corrected chi connectivity index (χ0v) is 8.93. The molecule has 1 atom stereocenters. The number of halogens is 1. The fraction of sp³-hybridized carbons (Fsp3) is 0.500. The largest absolute Gasteiger partial charge is 0.355 e. The smallest absolute Gasteiger partial charge is 0.141 e. The predicted molar refractivity (Wildman–Crippen MR) is 58.3 cm³/mol. The van der Waals surface area contributed by atoms with E-state index in [2.05, 4.69) is 16.1 Å². The summed E-state index contributed by atoms with van der Waals surface area (Å²) in [5.41, 5.74) is 0. The predicted octanol–water partition coefficient (Wildman–Crippen LogP) is 2.16. The minimum atomic E-state index is -0.269. The molecule has 0 bridgehead atoms. The molecule has 0 saturated carbocycles. The molecule has 1 aliphatic heterocycles. The third kappa shape index (κ3) is 2.00. The van der Waals surface area contributed by atoms with Crippen molar-refractivity contribution in [2.45, 2.75) is 11.7 Å². The summed E-state index contributed by atoms with van der Waals surface area (Å²) in [6.45, 7) is 2.06. The topological polar surface area (TPSA) is 16.1 Å². The van der Waals surface area contributed by atoms with Crippen molar-refractivity contribution in [3.63, 3.8) is 0 Å². The highest BCUT2D eigenvalue weighted by Crippen LogP contribution is 2.24. The maximum Gasteiger partial charge on any atom is 0.141 e. The van der Waals surface area contributed by atoms with E-state index in [1.807, 2.05) is 11.8 Å². The lowest BCUT2D eigenvalue weighted by Gasteiger charge is -2.16. The van der Waals surface area contributed by atoms with Gasteiger partial charge in [-0.2, -0.15) is 11.8 Å². The highest BCUT2D eigenvalue weighted by atomic mass is 32.2. The van der Waals surface area contributed by atoms with E-state index in [0.29, 0.717) is 5.25 Å². The van der Waals surface area contributed by atoms with Gasteiger partial charge in [0.15, 0.2) is 0 Å². The lowest BCUT2D eigenvalue weighted by molar-refractivity contribution is 0.621. The van der Waals surface area contributed by atoms with E-state index in [1.54, 1.807) is 6.07 Å². The van der Waals surface area contributed by atoms with E-state index in [9.17, 15) is 4.39 Å². The molecule has 0 aliphatic carbocycles. The summed E-state index contributed by atoms with van der Waals surface area (Å²) in [5, 5.41) is 0.696. The first-order valence-corrected chi connectivity index (χ1v) is 5.97. The maximum atomic E-state index is 12.6. The molecule has 1 aromatic heterocycles. The summed E-state index contributed by atoms with van der Waals surface area (Å²) < 4.78 is 12.6. The van der Waals surface area contributed by atoms with Gasteiger partial charge in [0.1, 0.15) is 11.6 Å². The number of hydrogen-bond acceptors (Lipinski definition) is 3. The molecule has 14 heavy (non-hydrogen) atoms. The molecule has 76 valence electrons. The molecule has 4 heteroatoms. The first kappa shape index (κ1) is 9.77. The third-order valence-electron chi connectivity index (χ3n) is 2.51. The minimum absolute atomic E-state index is 0.269. The van der Waals surface area contributed by atoms with E-state index >= 15 is 0 Å². The van der Waals surface area contributed by atoms with Gasteiger partial charge in [0.2, 0.25) is 0 Å². The molecular formula is C10H13FN2S. The molecule has 1 aliphatic rings. The first-order chi connectivity index (χ1) is 6.79. The Hall–Kier alpha value is -0.770. The monoisotopic (exact) mass is 212 g/mol. The molecule has 0 amide bonds.